The minimum absolute atomic E-state index is 0.169. The molecule has 0 radical (unpaired) electrons. The lowest BCUT2D eigenvalue weighted by molar-refractivity contribution is 0.0781. The van der Waals surface area contributed by atoms with Crippen LogP contribution < -0.4 is 5.73 Å². The van der Waals surface area contributed by atoms with Gasteiger partial charge in [-0.05, 0) is 39.2 Å². The topological polar surface area (TPSA) is 79.8 Å². The standard InChI is InChI=1S/C20H24Cl2N6O/c1-12-15(10-23)18(14-6-5-13(21)9-16(14)22)28-11-17(25-20(28)24-12)19(29)27(4)8-7-26(2)3/h5-6,9,11H,7-8,10,23H2,1-4H3. The van der Waals surface area contributed by atoms with Crippen LogP contribution in [0.25, 0.3) is 17.0 Å². The molecule has 3 aromatic rings. The first kappa shape index (κ1) is 21.5. The zero-order chi connectivity index (χ0) is 21.3. The molecule has 2 N–H and O–H groups in total. The van der Waals surface area contributed by atoms with Gasteiger partial charge in [0.15, 0.2) is 0 Å². The van der Waals surface area contributed by atoms with Crippen molar-refractivity contribution in [3.8, 4) is 11.3 Å². The molecule has 0 atom stereocenters. The number of amides is 1. The van der Waals surface area contributed by atoms with Crippen molar-refractivity contribution in [3.63, 3.8) is 0 Å². The third-order valence-corrected chi connectivity index (χ3v) is 5.31. The van der Waals surface area contributed by atoms with E-state index in [-0.39, 0.29) is 12.5 Å². The average Bonchev–Trinajstić information content (AvgIpc) is 3.08. The van der Waals surface area contributed by atoms with E-state index >= 15 is 0 Å². The smallest absolute Gasteiger partial charge is 0.273 e. The fourth-order valence-corrected chi connectivity index (χ4v) is 3.61. The molecule has 0 bridgehead atoms. The van der Waals surface area contributed by atoms with Gasteiger partial charge in [0.05, 0.1) is 10.7 Å². The first-order valence-corrected chi connectivity index (χ1v) is 9.92. The van der Waals surface area contributed by atoms with Crippen LogP contribution in [0.5, 0.6) is 0 Å². The van der Waals surface area contributed by atoms with Gasteiger partial charge in [-0.15, -0.1) is 0 Å². The molecule has 29 heavy (non-hydrogen) atoms. The van der Waals surface area contributed by atoms with Crippen LogP contribution in [-0.2, 0) is 6.54 Å². The van der Waals surface area contributed by atoms with Crippen molar-refractivity contribution in [1.29, 1.82) is 0 Å². The first-order chi connectivity index (χ1) is 13.7. The number of aryl methyl sites for hydroxylation is 1. The zero-order valence-corrected chi connectivity index (χ0v) is 18.4. The van der Waals surface area contributed by atoms with E-state index in [4.69, 9.17) is 28.9 Å². The number of aromatic nitrogens is 3. The molecular weight excluding hydrogens is 411 g/mol. The Balaban J connectivity index is 2.14. The summed E-state index contributed by atoms with van der Waals surface area (Å²) in [5, 5.41) is 1.03. The van der Waals surface area contributed by atoms with Crippen molar-refractivity contribution in [3.05, 3.63) is 51.4 Å². The van der Waals surface area contributed by atoms with Gasteiger partial charge in [0.1, 0.15) is 5.69 Å². The summed E-state index contributed by atoms with van der Waals surface area (Å²) < 4.78 is 1.78. The van der Waals surface area contributed by atoms with E-state index in [2.05, 4.69) is 9.97 Å². The lowest BCUT2D eigenvalue weighted by atomic mass is 10.0. The van der Waals surface area contributed by atoms with E-state index in [0.29, 0.717) is 28.1 Å². The number of rotatable bonds is 6. The first-order valence-electron chi connectivity index (χ1n) is 9.17. The highest BCUT2D eigenvalue weighted by atomic mass is 35.5. The van der Waals surface area contributed by atoms with Crippen molar-refractivity contribution in [2.24, 2.45) is 5.73 Å². The van der Waals surface area contributed by atoms with Gasteiger partial charge in [0, 0.05) is 54.7 Å². The highest BCUT2D eigenvalue weighted by Gasteiger charge is 2.21. The maximum atomic E-state index is 12.9. The Labute approximate surface area is 180 Å². The van der Waals surface area contributed by atoms with E-state index in [1.165, 1.54) is 0 Å². The Hall–Kier alpha value is -2.19. The second-order valence-corrected chi connectivity index (χ2v) is 8.02. The number of fused-ring (bicyclic) bond motifs is 1. The van der Waals surface area contributed by atoms with Crippen LogP contribution in [0.3, 0.4) is 0 Å². The molecule has 0 aliphatic carbocycles. The molecule has 0 aliphatic rings. The number of hydrogen-bond donors (Lipinski definition) is 1. The van der Waals surface area contributed by atoms with Gasteiger partial charge in [-0.1, -0.05) is 23.2 Å². The molecule has 1 aromatic carbocycles. The molecule has 0 unspecified atom stereocenters. The Morgan fingerprint density at radius 2 is 1.90 bits per heavy atom. The Bertz CT molecular complexity index is 1060. The zero-order valence-electron chi connectivity index (χ0n) is 16.9. The molecule has 154 valence electrons. The summed E-state index contributed by atoms with van der Waals surface area (Å²) in [6, 6.07) is 5.28. The largest absolute Gasteiger partial charge is 0.339 e. The fraction of sp³-hybridized carbons (Fsp3) is 0.350. The normalized spacial score (nSPS) is 11.4. The molecular formula is C20H24Cl2N6O. The van der Waals surface area contributed by atoms with Crippen molar-refractivity contribution >= 4 is 34.9 Å². The van der Waals surface area contributed by atoms with Gasteiger partial charge in [-0.2, -0.15) is 0 Å². The van der Waals surface area contributed by atoms with Gasteiger partial charge in [0.2, 0.25) is 5.78 Å². The molecule has 7 nitrogen and oxygen atoms in total. The summed E-state index contributed by atoms with van der Waals surface area (Å²) in [7, 11) is 5.69. The predicted molar refractivity (Wildman–Crippen MR) is 117 cm³/mol. The van der Waals surface area contributed by atoms with Crippen LogP contribution in [0.2, 0.25) is 10.0 Å². The Morgan fingerprint density at radius 3 is 2.52 bits per heavy atom. The summed E-state index contributed by atoms with van der Waals surface area (Å²) in [5.41, 5.74) is 9.43. The van der Waals surface area contributed by atoms with Crippen LogP contribution in [0.15, 0.2) is 24.4 Å². The molecule has 1 amide bonds. The second-order valence-electron chi connectivity index (χ2n) is 7.18. The Kier molecular flexibility index (Phi) is 6.43. The quantitative estimate of drug-likeness (QED) is 0.644. The van der Waals surface area contributed by atoms with Crippen LogP contribution in [0.1, 0.15) is 21.7 Å². The molecule has 0 saturated heterocycles. The number of hydrogen-bond acceptors (Lipinski definition) is 5. The third kappa shape index (κ3) is 4.38. The van der Waals surface area contributed by atoms with E-state index in [1.54, 1.807) is 34.7 Å². The lowest BCUT2D eigenvalue weighted by Crippen LogP contribution is -2.33. The number of carbonyl (C=O) groups is 1. The molecule has 9 heteroatoms. The van der Waals surface area contributed by atoms with Gasteiger partial charge in [0.25, 0.3) is 5.91 Å². The van der Waals surface area contributed by atoms with Crippen molar-refractivity contribution < 1.29 is 4.79 Å². The predicted octanol–water partition coefficient (Wildman–Crippen LogP) is 3.10. The minimum atomic E-state index is -0.169. The monoisotopic (exact) mass is 434 g/mol. The molecule has 0 saturated carbocycles. The van der Waals surface area contributed by atoms with Gasteiger partial charge >= 0.3 is 0 Å². The maximum absolute atomic E-state index is 12.9. The van der Waals surface area contributed by atoms with Gasteiger partial charge < -0.3 is 15.5 Å². The van der Waals surface area contributed by atoms with Crippen LogP contribution in [0, 0.1) is 6.92 Å². The average molecular weight is 435 g/mol. The fourth-order valence-electron chi connectivity index (χ4n) is 3.12. The molecule has 0 spiro atoms. The SMILES string of the molecule is Cc1nc2nc(C(=O)N(C)CCN(C)C)cn2c(-c2ccc(Cl)cc2Cl)c1CN. The van der Waals surface area contributed by atoms with E-state index in [9.17, 15) is 4.79 Å². The molecule has 0 aliphatic heterocycles. The summed E-state index contributed by atoms with van der Waals surface area (Å²) in [6.45, 7) is 3.49. The van der Waals surface area contributed by atoms with Crippen molar-refractivity contribution in [2.75, 3.05) is 34.2 Å². The highest BCUT2D eigenvalue weighted by Crippen LogP contribution is 2.34. The number of nitrogens with zero attached hydrogens (tertiary/aromatic N) is 5. The van der Waals surface area contributed by atoms with Crippen molar-refractivity contribution in [1.82, 2.24) is 24.2 Å². The summed E-state index contributed by atoms with van der Waals surface area (Å²) in [4.78, 5) is 25.5. The lowest BCUT2D eigenvalue weighted by Gasteiger charge is -2.18. The molecule has 2 heterocycles. The third-order valence-electron chi connectivity index (χ3n) is 4.76. The molecule has 0 fully saturated rings. The van der Waals surface area contributed by atoms with Crippen LogP contribution in [0.4, 0.5) is 0 Å². The van der Waals surface area contributed by atoms with Gasteiger partial charge in [-0.25, -0.2) is 9.97 Å². The van der Waals surface area contributed by atoms with Crippen molar-refractivity contribution in [2.45, 2.75) is 13.5 Å². The number of imidazole rings is 1. The molecule has 3 rings (SSSR count). The number of nitrogens with two attached hydrogens (primary N) is 1. The maximum Gasteiger partial charge on any atom is 0.273 e. The number of halogens is 2. The highest BCUT2D eigenvalue weighted by molar-refractivity contribution is 6.36. The van der Waals surface area contributed by atoms with Gasteiger partial charge in [-0.3, -0.25) is 9.20 Å². The summed E-state index contributed by atoms with van der Waals surface area (Å²) in [5.74, 6) is 0.252. The van der Waals surface area contributed by atoms with E-state index < -0.39 is 0 Å². The number of likely N-dealkylation sites (N-methyl/N-ethyl adjacent to an activating group) is 2. The van der Waals surface area contributed by atoms with E-state index in [1.807, 2.05) is 32.0 Å². The second kappa shape index (κ2) is 8.67. The summed E-state index contributed by atoms with van der Waals surface area (Å²) >= 11 is 12.5. The minimum Gasteiger partial charge on any atom is -0.339 e. The Morgan fingerprint density at radius 1 is 1.17 bits per heavy atom. The summed E-state index contributed by atoms with van der Waals surface area (Å²) in [6.07, 6.45) is 1.69. The number of benzene rings is 1. The molecule has 2 aromatic heterocycles. The number of carbonyl (C=O) groups excluding carboxylic acids is 1. The van der Waals surface area contributed by atoms with Crippen LogP contribution in [-0.4, -0.2) is 64.3 Å². The van der Waals surface area contributed by atoms with E-state index in [0.717, 1.165) is 29.1 Å². The van der Waals surface area contributed by atoms with Crippen LogP contribution >= 0.6 is 23.2 Å².